The average Bonchev–Trinajstić information content (AvgIpc) is 3.08. The van der Waals surface area contributed by atoms with Gasteiger partial charge >= 0.3 is 5.69 Å². The smallest absolute Gasteiger partial charge is 0.310 e. The molecule has 0 saturated heterocycles. The van der Waals surface area contributed by atoms with Gasteiger partial charge in [-0.15, -0.1) is 0 Å². The van der Waals surface area contributed by atoms with Crippen molar-refractivity contribution in [3.8, 4) is 5.75 Å². The van der Waals surface area contributed by atoms with Crippen molar-refractivity contribution in [3.63, 3.8) is 0 Å². The van der Waals surface area contributed by atoms with Gasteiger partial charge in [-0.1, -0.05) is 30.3 Å². The van der Waals surface area contributed by atoms with Gasteiger partial charge in [0, 0.05) is 37.0 Å². The molecule has 3 aromatic rings. The van der Waals surface area contributed by atoms with Crippen LogP contribution < -0.4 is 0 Å². The van der Waals surface area contributed by atoms with Gasteiger partial charge in [-0.2, -0.15) is 5.10 Å². The van der Waals surface area contributed by atoms with Crippen LogP contribution >= 0.6 is 0 Å². The minimum absolute atomic E-state index is 0.178. The topological polar surface area (TPSA) is 102 Å². The van der Waals surface area contributed by atoms with E-state index in [1.165, 1.54) is 11.0 Å². The van der Waals surface area contributed by atoms with Crippen LogP contribution in [0, 0.1) is 10.1 Å². The van der Waals surface area contributed by atoms with Gasteiger partial charge in [-0.25, -0.2) is 0 Å². The van der Waals surface area contributed by atoms with Gasteiger partial charge in [0.2, 0.25) is 0 Å². The molecule has 0 aliphatic rings. The second kappa shape index (κ2) is 7.69. The summed E-state index contributed by atoms with van der Waals surface area (Å²) in [5, 5.41) is 24.8. The fourth-order valence-corrected chi connectivity index (χ4v) is 2.72. The van der Waals surface area contributed by atoms with E-state index in [1.54, 1.807) is 17.9 Å². The van der Waals surface area contributed by atoms with Gasteiger partial charge in [0.05, 0.1) is 17.7 Å². The highest BCUT2D eigenvalue weighted by Crippen LogP contribution is 2.26. The lowest BCUT2D eigenvalue weighted by Crippen LogP contribution is -2.26. The molecule has 1 aromatic heterocycles. The summed E-state index contributed by atoms with van der Waals surface area (Å²) in [7, 11) is 1.62. The predicted octanol–water partition coefficient (Wildman–Crippen LogP) is 2.82. The number of amides is 1. The van der Waals surface area contributed by atoms with Crippen molar-refractivity contribution in [3.05, 3.63) is 87.7 Å². The molecule has 0 bridgehead atoms. The van der Waals surface area contributed by atoms with Gasteiger partial charge in [0.25, 0.3) is 5.91 Å². The van der Waals surface area contributed by atoms with Crippen LogP contribution in [0.1, 0.15) is 21.5 Å². The SMILES string of the molecule is CN(Cc1cnn(Cc2ccccc2)c1)C(=O)c1ccc([N+](=O)[O-])c(O)c1. The quantitative estimate of drug-likeness (QED) is 0.534. The fraction of sp³-hybridized carbons (Fsp3) is 0.158. The Kier molecular flexibility index (Phi) is 5.16. The van der Waals surface area contributed by atoms with Crippen LogP contribution in [0.2, 0.25) is 0 Å². The fourth-order valence-electron chi connectivity index (χ4n) is 2.72. The summed E-state index contributed by atoms with van der Waals surface area (Å²) >= 11 is 0. The summed E-state index contributed by atoms with van der Waals surface area (Å²) in [5.41, 5.74) is 1.72. The number of carbonyl (C=O) groups is 1. The number of phenols is 1. The summed E-state index contributed by atoms with van der Waals surface area (Å²) < 4.78 is 1.79. The molecule has 0 spiro atoms. The Bertz CT molecular complexity index is 969. The van der Waals surface area contributed by atoms with E-state index < -0.39 is 16.4 Å². The second-order valence-electron chi connectivity index (χ2n) is 6.15. The first-order valence-electron chi connectivity index (χ1n) is 8.22. The molecule has 0 aliphatic heterocycles. The number of carbonyl (C=O) groups excluding carboxylic acids is 1. The van der Waals surface area contributed by atoms with Gasteiger partial charge < -0.3 is 10.0 Å². The number of phenolic OH excluding ortho intramolecular Hbond substituents is 1. The summed E-state index contributed by atoms with van der Waals surface area (Å²) in [4.78, 5) is 24.0. The molecule has 0 aliphatic carbocycles. The number of rotatable bonds is 6. The van der Waals surface area contributed by atoms with Crippen molar-refractivity contribution < 1.29 is 14.8 Å². The Morgan fingerprint density at radius 2 is 1.96 bits per heavy atom. The monoisotopic (exact) mass is 366 g/mol. The number of aromatic nitrogens is 2. The third-order valence-corrected chi connectivity index (χ3v) is 4.06. The maximum absolute atomic E-state index is 12.5. The molecule has 0 unspecified atom stereocenters. The third kappa shape index (κ3) is 4.30. The molecule has 0 saturated carbocycles. The zero-order valence-electron chi connectivity index (χ0n) is 14.6. The van der Waals surface area contributed by atoms with Crippen molar-refractivity contribution in [2.75, 3.05) is 7.05 Å². The average molecular weight is 366 g/mol. The summed E-state index contributed by atoms with van der Waals surface area (Å²) in [6.45, 7) is 0.958. The minimum Gasteiger partial charge on any atom is -0.502 e. The second-order valence-corrected chi connectivity index (χ2v) is 6.15. The van der Waals surface area contributed by atoms with Gasteiger partial charge in [0.15, 0.2) is 5.75 Å². The number of nitro groups is 1. The van der Waals surface area contributed by atoms with Crippen LogP contribution in [-0.4, -0.2) is 37.7 Å². The molecule has 138 valence electrons. The first-order chi connectivity index (χ1) is 12.9. The lowest BCUT2D eigenvalue weighted by atomic mass is 10.1. The number of aromatic hydroxyl groups is 1. The molecular formula is C19H18N4O4. The molecule has 2 aromatic carbocycles. The summed E-state index contributed by atoms with van der Waals surface area (Å²) in [5.74, 6) is -0.883. The first-order valence-corrected chi connectivity index (χ1v) is 8.22. The molecule has 27 heavy (non-hydrogen) atoms. The molecule has 8 nitrogen and oxygen atoms in total. The van der Waals surface area contributed by atoms with Crippen LogP contribution in [0.25, 0.3) is 0 Å². The van der Waals surface area contributed by atoms with Gasteiger partial charge in [-0.3, -0.25) is 19.6 Å². The highest BCUT2D eigenvalue weighted by Gasteiger charge is 2.18. The zero-order valence-corrected chi connectivity index (χ0v) is 14.6. The van der Waals surface area contributed by atoms with Gasteiger partial charge in [-0.05, 0) is 17.7 Å². The van der Waals surface area contributed by atoms with Crippen molar-refractivity contribution >= 4 is 11.6 Å². The number of nitrogens with zero attached hydrogens (tertiary/aromatic N) is 4. The van der Waals surface area contributed by atoms with E-state index in [2.05, 4.69) is 5.10 Å². The molecule has 0 fully saturated rings. The van der Waals surface area contributed by atoms with Crippen molar-refractivity contribution in [2.24, 2.45) is 0 Å². The van der Waals surface area contributed by atoms with E-state index in [1.807, 2.05) is 36.5 Å². The van der Waals surface area contributed by atoms with Crippen LogP contribution in [0.15, 0.2) is 60.9 Å². The van der Waals surface area contributed by atoms with Gasteiger partial charge in [0.1, 0.15) is 0 Å². The Morgan fingerprint density at radius 3 is 2.63 bits per heavy atom. The van der Waals surface area contributed by atoms with Crippen LogP contribution in [0.4, 0.5) is 5.69 Å². The Labute approximate surface area is 155 Å². The maximum Gasteiger partial charge on any atom is 0.310 e. The predicted molar refractivity (Wildman–Crippen MR) is 98.3 cm³/mol. The molecule has 1 amide bonds. The van der Waals surface area contributed by atoms with E-state index in [9.17, 15) is 20.0 Å². The number of hydrogen-bond donors (Lipinski definition) is 1. The largest absolute Gasteiger partial charge is 0.502 e. The van der Waals surface area contributed by atoms with Crippen molar-refractivity contribution in [1.82, 2.24) is 14.7 Å². The highest BCUT2D eigenvalue weighted by atomic mass is 16.6. The Morgan fingerprint density at radius 1 is 1.22 bits per heavy atom. The van der Waals surface area contributed by atoms with E-state index >= 15 is 0 Å². The standard InChI is InChI=1S/C19H18N4O4/c1-21(19(25)16-7-8-17(23(26)27)18(24)9-16)11-15-10-20-22(13-15)12-14-5-3-2-4-6-14/h2-10,13,24H,11-12H2,1H3. The third-order valence-electron chi connectivity index (χ3n) is 4.06. The molecule has 1 heterocycles. The van der Waals surface area contributed by atoms with Crippen molar-refractivity contribution in [2.45, 2.75) is 13.1 Å². The summed E-state index contributed by atoms with van der Waals surface area (Å²) in [6, 6.07) is 13.5. The van der Waals surface area contributed by atoms with E-state index in [-0.39, 0.29) is 11.5 Å². The van der Waals surface area contributed by atoms with Crippen LogP contribution in [-0.2, 0) is 13.1 Å². The van der Waals surface area contributed by atoms with E-state index in [0.717, 1.165) is 23.3 Å². The number of benzene rings is 2. The Hall–Kier alpha value is -3.68. The first kappa shape index (κ1) is 18.1. The molecule has 3 rings (SSSR count). The highest BCUT2D eigenvalue weighted by molar-refractivity contribution is 5.94. The molecule has 0 radical (unpaired) electrons. The maximum atomic E-state index is 12.5. The van der Waals surface area contributed by atoms with Crippen molar-refractivity contribution in [1.29, 1.82) is 0 Å². The number of hydrogen-bond acceptors (Lipinski definition) is 5. The zero-order chi connectivity index (χ0) is 19.4. The number of nitro benzene ring substituents is 1. The van der Waals surface area contributed by atoms with Crippen LogP contribution in [0.5, 0.6) is 5.75 Å². The van der Waals surface area contributed by atoms with E-state index in [4.69, 9.17) is 0 Å². The van der Waals surface area contributed by atoms with Crippen LogP contribution in [0.3, 0.4) is 0 Å². The lowest BCUT2D eigenvalue weighted by molar-refractivity contribution is -0.385. The minimum atomic E-state index is -0.700. The molecule has 1 N–H and O–H groups in total. The lowest BCUT2D eigenvalue weighted by Gasteiger charge is -2.16. The normalized spacial score (nSPS) is 10.6. The molecule has 8 heteroatoms. The molecule has 0 atom stereocenters. The Balaban J connectivity index is 1.66. The van der Waals surface area contributed by atoms with E-state index in [0.29, 0.717) is 13.1 Å². The molecular weight excluding hydrogens is 348 g/mol. The summed E-state index contributed by atoms with van der Waals surface area (Å²) in [6.07, 6.45) is 3.56.